The number of nitrogens with zero attached hydrogens (tertiary/aromatic N) is 4. The summed E-state index contributed by atoms with van der Waals surface area (Å²) in [5, 5.41) is 3.26. The second-order valence-electron chi connectivity index (χ2n) is 6.25. The van der Waals surface area contributed by atoms with E-state index in [1.807, 2.05) is 11.8 Å². The number of carbonyl (C=O) groups is 2. The maximum absolute atomic E-state index is 11.6. The van der Waals surface area contributed by atoms with E-state index in [9.17, 15) is 9.59 Å². The lowest BCUT2D eigenvalue weighted by Gasteiger charge is -2.31. The van der Waals surface area contributed by atoms with Gasteiger partial charge in [0.05, 0.1) is 22.5 Å². The Kier molecular flexibility index (Phi) is 5.08. The molecule has 0 bridgehead atoms. The van der Waals surface area contributed by atoms with Gasteiger partial charge in [0.1, 0.15) is 5.69 Å². The van der Waals surface area contributed by atoms with Crippen molar-refractivity contribution >= 4 is 28.3 Å². The van der Waals surface area contributed by atoms with Crippen molar-refractivity contribution in [3.8, 4) is 10.6 Å². The lowest BCUT2D eigenvalue weighted by atomic mass is 9.95. The van der Waals surface area contributed by atoms with Crippen molar-refractivity contribution in [2.24, 2.45) is 0 Å². The van der Waals surface area contributed by atoms with Crippen LogP contribution in [0.2, 0.25) is 0 Å². The van der Waals surface area contributed by atoms with E-state index >= 15 is 0 Å². The molecule has 1 fully saturated rings. The second-order valence-corrected chi connectivity index (χ2v) is 7.24. The molecule has 1 N–H and O–H groups in total. The van der Waals surface area contributed by atoms with Gasteiger partial charge in [0.25, 0.3) is 0 Å². The smallest absolute Gasteiger partial charge is 0.223 e. The van der Waals surface area contributed by atoms with Gasteiger partial charge < -0.3 is 10.2 Å². The summed E-state index contributed by atoms with van der Waals surface area (Å²) < 4.78 is 0. The summed E-state index contributed by atoms with van der Waals surface area (Å²) in [6.07, 6.45) is 5.55. The Balaban J connectivity index is 1.77. The first-order chi connectivity index (χ1) is 11.9. The van der Waals surface area contributed by atoms with Crippen molar-refractivity contribution in [3.05, 3.63) is 23.8 Å². The summed E-state index contributed by atoms with van der Waals surface area (Å²) in [5.41, 5.74) is 2.48. The number of anilines is 1. The molecule has 2 amide bonds. The Hall–Kier alpha value is -2.35. The van der Waals surface area contributed by atoms with Crippen LogP contribution in [0.5, 0.6) is 0 Å². The van der Waals surface area contributed by atoms with Crippen LogP contribution < -0.4 is 5.32 Å². The van der Waals surface area contributed by atoms with E-state index in [0.717, 1.165) is 41.3 Å². The number of rotatable bonds is 3. The standard InChI is InChI=1S/C17H21N5O2S/c1-10-16(25-17(20-10)21-11(2)23)15-8-18-14(7-19-15)13-5-4-6-22(9-13)12(3)24/h7-8,13H,4-6,9H2,1-3H3,(H,20,21,23)/t13-/m0/s1. The third-order valence-electron chi connectivity index (χ3n) is 4.27. The zero-order valence-corrected chi connectivity index (χ0v) is 15.4. The highest BCUT2D eigenvalue weighted by Gasteiger charge is 2.24. The summed E-state index contributed by atoms with van der Waals surface area (Å²) in [6, 6.07) is 0. The van der Waals surface area contributed by atoms with E-state index in [4.69, 9.17) is 0 Å². The van der Waals surface area contributed by atoms with Crippen molar-refractivity contribution in [1.29, 1.82) is 0 Å². The number of aromatic nitrogens is 3. The Morgan fingerprint density at radius 1 is 1.28 bits per heavy atom. The molecule has 7 nitrogen and oxygen atoms in total. The van der Waals surface area contributed by atoms with Crippen LogP contribution in [0, 0.1) is 6.92 Å². The molecule has 1 saturated heterocycles. The quantitative estimate of drug-likeness (QED) is 0.910. The van der Waals surface area contributed by atoms with Crippen molar-refractivity contribution in [2.75, 3.05) is 18.4 Å². The zero-order valence-electron chi connectivity index (χ0n) is 14.6. The average Bonchev–Trinajstić information content (AvgIpc) is 2.94. The molecule has 0 aromatic carbocycles. The van der Waals surface area contributed by atoms with E-state index in [-0.39, 0.29) is 17.7 Å². The number of amides is 2. The van der Waals surface area contributed by atoms with E-state index in [2.05, 4.69) is 20.3 Å². The Labute approximate surface area is 150 Å². The fraction of sp³-hybridized carbons (Fsp3) is 0.471. The van der Waals surface area contributed by atoms with Crippen LogP contribution in [0.4, 0.5) is 5.13 Å². The molecule has 3 rings (SSSR count). The predicted octanol–water partition coefficient (Wildman–Crippen LogP) is 2.59. The fourth-order valence-corrected chi connectivity index (χ4v) is 3.98. The molecule has 8 heteroatoms. The Morgan fingerprint density at radius 2 is 2.08 bits per heavy atom. The minimum Gasteiger partial charge on any atom is -0.342 e. The third-order valence-corrected chi connectivity index (χ3v) is 5.36. The Morgan fingerprint density at radius 3 is 2.72 bits per heavy atom. The molecule has 2 aromatic heterocycles. The zero-order chi connectivity index (χ0) is 18.0. The molecular formula is C17H21N5O2S. The van der Waals surface area contributed by atoms with Gasteiger partial charge in [-0.15, -0.1) is 0 Å². The van der Waals surface area contributed by atoms with Crippen molar-refractivity contribution in [2.45, 2.75) is 39.5 Å². The second kappa shape index (κ2) is 7.26. The van der Waals surface area contributed by atoms with Gasteiger partial charge in [0, 0.05) is 39.1 Å². The largest absolute Gasteiger partial charge is 0.342 e. The van der Waals surface area contributed by atoms with Crippen LogP contribution in [-0.4, -0.2) is 44.8 Å². The molecule has 0 saturated carbocycles. The van der Waals surface area contributed by atoms with Gasteiger partial charge in [-0.05, 0) is 19.8 Å². The van der Waals surface area contributed by atoms with Gasteiger partial charge in [-0.1, -0.05) is 11.3 Å². The highest BCUT2D eigenvalue weighted by atomic mass is 32.1. The van der Waals surface area contributed by atoms with Gasteiger partial charge in [-0.25, -0.2) is 4.98 Å². The van der Waals surface area contributed by atoms with E-state index in [1.165, 1.54) is 18.3 Å². The summed E-state index contributed by atoms with van der Waals surface area (Å²) in [6.45, 7) is 6.48. The van der Waals surface area contributed by atoms with Crippen LogP contribution in [-0.2, 0) is 9.59 Å². The summed E-state index contributed by atoms with van der Waals surface area (Å²) >= 11 is 1.39. The molecule has 0 unspecified atom stereocenters. The Bertz CT molecular complexity index is 787. The monoisotopic (exact) mass is 359 g/mol. The minimum absolute atomic E-state index is 0.111. The third kappa shape index (κ3) is 4.01. The van der Waals surface area contributed by atoms with Crippen LogP contribution in [0.3, 0.4) is 0 Å². The highest BCUT2D eigenvalue weighted by molar-refractivity contribution is 7.19. The number of carbonyl (C=O) groups excluding carboxylic acids is 2. The van der Waals surface area contributed by atoms with Crippen LogP contribution in [0.1, 0.15) is 44.0 Å². The van der Waals surface area contributed by atoms with Gasteiger partial charge in [0.2, 0.25) is 11.8 Å². The maximum atomic E-state index is 11.6. The van der Waals surface area contributed by atoms with Crippen molar-refractivity contribution in [3.63, 3.8) is 0 Å². The lowest BCUT2D eigenvalue weighted by molar-refractivity contribution is -0.130. The lowest BCUT2D eigenvalue weighted by Crippen LogP contribution is -2.37. The molecule has 3 heterocycles. The number of thiazole rings is 1. The fourth-order valence-electron chi connectivity index (χ4n) is 3.01. The predicted molar refractivity (Wildman–Crippen MR) is 96.4 cm³/mol. The van der Waals surface area contributed by atoms with Crippen LogP contribution in [0.25, 0.3) is 10.6 Å². The van der Waals surface area contributed by atoms with Crippen LogP contribution in [0.15, 0.2) is 12.4 Å². The number of hydrogen-bond acceptors (Lipinski definition) is 6. The molecular weight excluding hydrogens is 338 g/mol. The van der Waals surface area contributed by atoms with E-state index in [1.54, 1.807) is 19.3 Å². The molecule has 1 aliphatic heterocycles. The van der Waals surface area contributed by atoms with Gasteiger partial charge in [-0.3, -0.25) is 19.6 Å². The number of aryl methyl sites for hydroxylation is 1. The molecule has 132 valence electrons. The number of likely N-dealkylation sites (tertiary alicyclic amines) is 1. The van der Waals surface area contributed by atoms with Gasteiger partial charge >= 0.3 is 0 Å². The molecule has 25 heavy (non-hydrogen) atoms. The van der Waals surface area contributed by atoms with Crippen molar-refractivity contribution < 1.29 is 9.59 Å². The number of hydrogen-bond donors (Lipinski definition) is 1. The SMILES string of the molecule is CC(=O)Nc1nc(C)c(-c2cnc([C@H]3CCCN(C(C)=O)C3)cn2)s1. The first kappa shape index (κ1) is 17.5. The van der Waals surface area contributed by atoms with E-state index < -0.39 is 0 Å². The van der Waals surface area contributed by atoms with Crippen LogP contribution >= 0.6 is 11.3 Å². The molecule has 0 radical (unpaired) electrons. The van der Waals surface area contributed by atoms with Crippen molar-refractivity contribution in [1.82, 2.24) is 19.9 Å². The topological polar surface area (TPSA) is 88.1 Å². The normalized spacial score (nSPS) is 17.4. The molecule has 0 spiro atoms. The summed E-state index contributed by atoms with van der Waals surface area (Å²) in [4.78, 5) is 39.0. The molecule has 0 aliphatic carbocycles. The summed E-state index contributed by atoms with van der Waals surface area (Å²) in [7, 11) is 0. The number of nitrogens with one attached hydrogen (secondary N) is 1. The van der Waals surface area contributed by atoms with E-state index in [0.29, 0.717) is 11.7 Å². The molecule has 1 aliphatic rings. The number of piperidine rings is 1. The van der Waals surface area contributed by atoms with Gasteiger partial charge in [0.15, 0.2) is 5.13 Å². The van der Waals surface area contributed by atoms with Gasteiger partial charge in [-0.2, -0.15) is 0 Å². The summed E-state index contributed by atoms with van der Waals surface area (Å²) in [5.74, 6) is 0.200. The molecule has 1 atom stereocenters. The molecule has 2 aromatic rings. The first-order valence-corrected chi connectivity index (χ1v) is 9.08. The highest BCUT2D eigenvalue weighted by Crippen LogP contribution is 2.32. The maximum Gasteiger partial charge on any atom is 0.223 e. The minimum atomic E-state index is -0.144. The first-order valence-electron chi connectivity index (χ1n) is 8.27. The average molecular weight is 359 g/mol.